The fraction of sp³-hybridized carbons (Fsp3) is 0.429. The zero-order valence-corrected chi connectivity index (χ0v) is 12.9. The molecule has 118 valence electrons. The number of carboxylic acids is 1. The molecule has 0 saturated carbocycles. The molecule has 7 nitrogen and oxygen atoms in total. The Hall–Kier alpha value is -1.93. The van der Waals surface area contributed by atoms with Gasteiger partial charge in [-0.3, -0.25) is 4.79 Å². The summed E-state index contributed by atoms with van der Waals surface area (Å²) < 4.78 is 27.0. The Morgan fingerprint density at radius 1 is 1.45 bits per heavy atom. The van der Waals surface area contributed by atoms with Gasteiger partial charge >= 0.3 is 5.97 Å². The molecule has 3 rings (SSSR count). The van der Waals surface area contributed by atoms with Gasteiger partial charge in [0.2, 0.25) is 10.0 Å². The molecule has 1 aliphatic heterocycles. The number of aromatic nitrogens is 2. The van der Waals surface area contributed by atoms with Gasteiger partial charge in [-0.05, 0) is 24.5 Å². The van der Waals surface area contributed by atoms with Crippen molar-refractivity contribution in [2.24, 2.45) is 11.8 Å². The number of rotatable bonds is 3. The Morgan fingerprint density at radius 2 is 2.23 bits per heavy atom. The van der Waals surface area contributed by atoms with Crippen molar-refractivity contribution < 1.29 is 18.3 Å². The molecule has 0 aromatic carbocycles. The highest BCUT2D eigenvalue weighted by atomic mass is 32.2. The summed E-state index contributed by atoms with van der Waals surface area (Å²) in [6.07, 6.45) is 3.50. The number of carbonyl (C=O) groups is 1. The van der Waals surface area contributed by atoms with E-state index in [2.05, 4.69) is 9.97 Å². The largest absolute Gasteiger partial charge is 0.481 e. The van der Waals surface area contributed by atoms with Gasteiger partial charge in [0.25, 0.3) is 0 Å². The number of pyridine rings is 1. The van der Waals surface area contributed by atoms with Crippen LogP contribution in [-0.2, 0) is 14.8 Å². The number of hydrogen-bond acceptors (Lipinski definition) is 4. The zero-order valence-electron chi connectivity index (χ0n) is 12.1. The summed E-state index contributed by atoms with van der Waals surface area (Å²) in [5.74, 6) is -1.61. The number of piperidine rings is 1. The van der Waals surface area contributed by atoms with Crippen LogP contribution < -0.4 is 0 Å². The van der Waals surface area contributed by atoms with Crippen molar-refractivity contribution in [2.45, 2.75) is 18.2 Å². The van der Waals surface area contributed by atoms with E-state index in [1.54, 1.807) is 18.3 Å². The summed E-state index contributed by atoms with van der Waals surface area (Å²) in [5, 5.41) is 9.73. The second kappa shape index (κ2) is 5.36. The Bertz CT molecular complexity index is 814. The first-order chi connectivity index (χ1) is 10.4. The maximum absolute atomic E-state index is 12.9. The van der Waals surface area contributed by atoms with E-state index >= 15 is 0 Å². The van der Waals surface area contributed by atoms with Gasteiger partial charge in [0, 0.05) is 30.9 Å². The predicted octanol–water partition coefficient (Wildman–Crippen LogP) is 1.29. The molecule has 1 saturated heterocycles. The summed E-state index contributed by atoms with van der Waals surface area (Å²) in [5.41, 5.74) is 0.501. The molecule has 0 spiro atoms. The van der Waals surface area contributed by atoms with Crippen LogP contribution in [0.4, 0.5) is 0 Å². The third-order valence-electron chi connectivity index (χ3n) is 4.01. The van der Waals surface area contributed by atoms with Crippen molar-refractivity contribution >= 4 is 27.0 Å². The highest BCUT2D eigenvalue weighted by molar-refractivity contribution is 7.89. The molecule has 2 unspecified atom stereocenters. The van der Waals surface area contributed by atoms with Gasteiger partial charge in [0.1, 0.15) is 10.5 Å². The van der Waals surface area contributed by atoms with E-state index in [0.717, 1.165) is 0 Å². The number of hydrogen-bond donors (Lipinski definition) is 2. The molecule has 0 amide bonds. The number of nitrogens with one attached hydrogen (secondary N) is 1. The molecule has 2 N–H and O–H groups in total. The minimum Gasteiger partial charge on any atom is -0.481 e. The van der Waals surface area contributed by atoms with Crippen molar-refractivity contribution in [3.05, 3.63) is 24.5 Å². The van der Waals surface area contributed by atoms with Crippen LogP contribution in [0.5, 0.6) is 0 Å². The molecule has 2 atom stereocenters. The number of carboxylic acid groups (broad SMARTS) is 1. The van der Waals surface area contributed by atoms with Crippen molar-refractivity contribution in [1.29, 1.82) is 0 Å². The molecule has 0 bridgehead atoms. The van der Waals surface area contributed by atoms with Crippen molar-refractivity contribution in [1.82, 2.24) is 14.3 Å². The summed E-state index contributed by atoms with van der Waals surface area (Å²) in [7, 11) is -3.75. The highest BCUT2D eigenvalue weighted by Crippen LogP contribution is 2.30. The van der Waals surface area contributed by atoms with E-state index in [0.29, 0.717) is 24.0 Å². The van der Waals surface area contributed by atoms with Crippen LogP contribution in [0.1, 0.15) is 13.3 Å². The Kier molecular flexibility index (Phi) is 3.65. The number of aliphatic carboxylic acids is 1. The molecule has 22 heavy (non-hydrogen) atoms. The second-order valence-electron chi connectivity index (χ2n) is 5.75. The van der Waals surface area contributed by atoms with Crippen LogP contribution in [0.2, 0.25) is 0 Å². The molecule has 2 aromatic rings. The van der Waals surface area contributed by atoms with Gasteiger partial charge in [0.05, 0.1) is 5.92 Å². The van der Waals surface area contributed by atoms with Crippen molar-refractivity contribution in [2.75, 3.05) is 13.1 Å². The van der Waals surface area contributed by atoms with E-state index < -0.39 is 21.9 Å². The molecule has 1 aliphatic rings. The molecule has 3 heterocycles. The second-order valence-corrected chi connectivity index (χ2v) is 7.66. The van der Waals surface area contributed by atoms with Crippen LogP contribution in [0.3, 0.4) is 0 Å². The maximum atomic E-state index is 12.9. The summed E-state index contributed by atoms with van der Waals surface area (Å²) >= 11 is 0. The minimum absolute atomic E-state index is 0.00737. The summed E-state index contributed by atoms with van der Waals surface area (Å²) in [6, 6.07) is 3.36. The Morgan fingerprint density at radius 3 is 2.95 bits per heavy atom. The van der Waals surface area contributed by atoms with Crippen molar-refractivity contribution in [3.8, 4) is 0 Å². The average Bonchev–Trinajstić information content (AvgIpc) is 2.91. The van der Waals surface area contributed by atoms with Gasteiger partial charge in [-0.15, -0.1) is 0 Å². The molecule has 1 fully saturated rings. The molecule has 0 radical (unpaired) electrons. The standard InChI is InChI=1S/C14H17N3O4S/c1-9-5-10(14(18)19)8-17(7-9)22(20,21)12-6-16-13-11(12)3-2-4-15-13/h2-4,6,9-10H,5,7-8H2,1H3,(H,15,16)(H,18,19). The average molecular weight is 323 g/mol. The lowest BCUT2D eigenvalue weighted by molar-refractivity contribution is -0.143. The maximum Gasteiger partial charge on any atom is 0.307 e. The monoisotopic (exact) mass is 323 g/mol. The normalized spacial score (nSPS) is 23.7. The van der Waals surface area contributed by atoms with Gasteiger partial charge in [0.15, 0.2) is 0 Å². The number of H-pyrrole nitrogens is 1. The van der Waals surface area contributed by atoms with Crippen molar-refractivity contribution in [3.63, 3.8) is 0 Å². The number of nitrogens with zero attached hydrogens (tertiary/aromatic N) is 2. The molecular formula is C14H17N3O4S. The molecule has 8 heteroatoms. The summed E-state index contributed by atoms with van der Waals surface area (Å²) in [4.78, 5) is 18.3. The number of aromatic amines is 1. The smallest absolute Gasteiger partial charge is 0.307 e. The van der Waals surface area contributed by atoms with Crippen LogP contribution in [0, 0.1) is 11.8 Å². The number of fused-ring (bicyclic) bond motifs is 1. The first kappa shape index (κ1) is 15.0. The van der Waals surface area contributed by atoms with E-state index in [-0.39, 0.29) is 17.4 Å². The third kappa shape index (κ3) is 2.48. The lowest BCUT2D eigenvalue weighted by Crippen LogP contribution is -2.45. The van der Waals surface area contributed by atoms with E-state index in [1.165, 1.54) is 10.5 Å². The van der Waals surface area contributed by atoms with Crippen LogP contribution >= 0.6 is 0 Å². The lowest BCUT2D eigenvalue weighted by atomic mass is 9.92. The first-order valence-corrected chi connectivity index (χ1v) is 8.48. The topological polar surface area (TPSA) is 103 Å². The predicted molar refractivity (Wildman–Crippen MR) is 79.8 cm³/mol. The number of sulfonamides is 1. The van der Waals surface area contributed by atoms with Crippen LogP contribution in [0.25, 0.3) is 11.0 Å². The summed E-state index contributed by atoms with van der Waals surface area (Å²) in [6.45, 7) is 2.21. The van der Waals surface area contributed by atoms with Gasteiger partial charge in [-0.2, -0.15) is 4.31 Å². The first-order valence-electron chi connectivity index (χ1n) is 7.04. The fourth-order valence-electron chi connectivity index (χ4n) is 2.96. The van der Waals surface area contributed by atoms with Gasteiger partial charge in [-0.1, -0.05) is 6.92 Å². The lowest BCUT2D eigenvalue weighted by Gasteiger charge is -2.33. The van der Waals surface area contributed by atoms with Gasteiger partial charge in [-0.25, -0.2) is 13.4 Å². The minimum atomic E-state index is -3.75. The van der Waals surface area contributed by atoms with E-state index in [1.807, 2.05) is 6.92 Å². The van der Waals surface area contributed by atoms with Crippen LogP contribution in [0.15, 0.2) is 29.4 Å². The van der Waals surface area contributed by atoms with E-state index in [9.17, 15) is 18.3 Å². The van der Waals surface area contributed by atoms with Crippen LogP contribution in [-0.4, -0.2) is 46.9 Å². The van der Waals surface area contributed by atoms with Gasteiger partial charge < -0.3 is 10.1 Å². The molecular weight excluding hydrogens is 306 g/mol. The fourth-order valence-corrected chi connectivity index (χ4v) is 4.72. The SMILES string of the molecule is CC1CC(C(=O)O)CN(S(=O)(=O)c2c[nH]c3ncccc23)C1. The zero-order chi connectivity index (χ0) is 15.9. The van der Waals surface area contributed by atoms with E-state index in [4.69, 9.17) is 0 Å². The molecule has 0 aliphatic carbocycles. The molecule has 2 aromatic heterocycles. The highest BCUT2D eigenvalue weighted by Gasteiger charge is 2.37. The Labute approximate surface area is 128 Å². The Balaban J connectivity index is 2.00. The quantitative estimate of drug-likeness (QED) is 0.886. The third-order valence-corrected chi connectivity index (χ3v) is 5.88.